The Morgan fingerprint density at radius 3 is 2.70 bits per heavy atom. The molecule has 1 heterocycles. The number of aliphatic carboxylic acids is 1. The van der Waals surface area contributed by atoms with Gasteiger partial charge in [-0.05, 0) is 24.1 Å². The molecule has 0 aliphatic rings. The summed E-state index contributed by atoms with van der Waals surface area (Å²) in [5.74, 6) is -0.777. The zero-order valence-electron chi connectivity index (χ0n) is 10.8. The van der Waals surface area contributed by atoms with Crippen LogP contribution in [0.25, 0.3) is 22.2 Å². The van der Waals surface area contributed by atoms with Crippen LogP contribution in [-0.2, 0) is 11.2 Å². The molecule has 0 unspecified atom stereocenters. The van der Waals surface area contributed by atoms with Crippen LogP contribution in [0.5, 0.6) is 0 Å². The maximum absolute atomic E-state index is 10.7. The zero-order valence-corrected chi connectivity index (χ0v) is 10.8. The molecule has 3 aromatic rings. The molecule has 2 aromatic carbocycles. The molecule has 3 rings (SSSR count). The zero-order chi connectivity index (χ0) is 13.9. The Kier molecular flexibility index (Phi) is 3.21. The second kappa shape index (κ2) is 5.17. The Balaban J connectivity index is 2.02. The van der Waals surface area contributed by atoms with Crippen molar-refractivity contribution in [2.75, 3.05) is 0 Å². The molecule has 100 valence electrons. The Bertz CT molecular complexity index is 748. The molecule has 0 saturated carbocycles. The van der Waals surface area contributed by atoms with E-state index in [-0.39, 0.29) is 6.42 Å². The number of rotatable bonds is 4. The molecule has 0 bridgehead atoms. The van der Waals surface area contributed by atoms with Crippen LogP contribution in [0.15, 0.2) is 48.5 Å². The second-order valence-corrected chi connectivity index (χ2v) is 4.71. The fraction of sp³-hybridized carbons (Fsp3) is 0.125. The molecule has 0 fully saturated rings. The van der Waals surface area contributed by atoms with E-state index in [0.717, 1.165) is 27.7 Å². The average molecular weight is 266 g/mol. The summed E-state index contributed by atoms with van der Waals surface area (Å²) >= 11 is 0. The summed E-state index contributed by atoms with van der Waals surface area (Å²) in [4.78, 5) is 10.7. The third-order valence-electron chi connectivity index (χ3n) is 3.30. The first kappa shape index (κ1) is 12.4. The van der Waals surface area contributed by atoms with Crippen molar-refractivity contribution in [3.8, 4) is 11.3 Å². The number of aromatic nitrogens is 2. The van der Waals surface area contributed by atoms with Gasteiger partial charge in [-0.1, -0.05) is 36.4 Å². The predicted octanol–water partition coefficient (Wildman–Crippen LogP) is 3.25. The minimum atomic E-state index is -0.777. The van der Waals surface area contributed by atoms with Gasteiger partial charge in [-0.25, -0.2) is 0 Å². The van der Waals surface area contributed by atoms with Gasteiger partial charge in [0.15, 0.2) is 0 Å². The van der Waals surface area contributed by atoms with Gasteiger partial charge in [-0.2, -0.15) is 5.10 Å². The summed E-state index contributed by atoms with van der Waals surface area (Å²) in [6.45, 7) is 0. The molecule has 0 radical (unpaired) electrons. The van der Waals surface area contributed by atoms with Crippen molar-refractivity contribution in [2.45, 2.75) is 12.8 Å². The largest absolute Gasteiger partial charge is 0.481 e. The van der Waals surface area contributed by atoms with Crippen LogP contribution in [0, 0.1) is 0 Å². The fourth-order valence-corrected chi connectivity index (χ4v) is 2.28. The van der Waals surface area contributed by atoms with Crippen LogP contribution in [0.4, 0.5) is 0 Å². The number of H-pyrrole nitrogens is 1. The maximum Gasteiger partial charge on any atom is 0.303 e. The van der Waals surface area contributed by atoms with Crippen LogP contribution in [-0.4, -0.2) is 21.3 Å². The number of hydrogen-bond acceptors (Lipinski definition) is 2. The standard InChI is InChI=1S/C16H14N2O2/c19-15(20)9-7-11-6-8-14-13(10-11)16(18-17-14)12-4-2-1-3-5-12/h1-6,8,10H,7,9H2,(H,17,18)(H,19,20). The number of carboxylic acid groups (broad SMARTS) is 1. The van der Waals surface area contributed by atoms with E-state index in [1.807, 2.05) is 48.5 Å². The Morgan fingerprint density at radius 2 is 1.95 bits per heavy atom. The van der Waals surface area contributed by atoms with Gasteiger partial charge in [-0.15, -0.1) is 0 Å². The molecule has 0 aliphatic carbocycles. The monoisotopic (exact) mass is 266 g/mol. The number of carboxylic acids is 1. The van der Waals surface area contributed by atoms with Gasteiger partial charge in [0.1, 0.15) is 0 Å². The van der Waals surface area contributed by atoms with E-state index in [2.05, 4.69) is 10.2 Å². The molecule has 20 heavy (non-hydrogen) atoms. The lowest BCUT2D eigenvalue weighted by Gasteiger charge is -2.01. The van der Waals surface area contributed by atoms with E-state index >= 15 is 0 Å². The van der Waals surface area contributed by atoms with Crippen molar-refractivity contribution in [2.24, 2.45) is 0 Å². The highest BCUT2D eigenvalue weighted by Gasteiger charge is 2.09. The van der Waals surface area contributed by atoms with Crippen molar-refractivity contribution in [1.82, 2.24) is 10.2 Å². The molecule has 4 heteroatoms. The van der Waals surface area contributed by atoms with Gasteiger partial charge in [-0.3, -0.25) is 9.89 Å². The number of aromatic amines is 1. The summed E-state index contributed by atoms with van der Waals surface area (Å²) in [7, 11) is 0. The normalized spacial score (nSPS) is 10.8. The molecule has 0 amide bonds. The first-order chi connectivity index (χ1) is 9.74. The minimum Gasteiger partial charge on any atom is -0.481 e. The van der Waals surface area contributed by atoms with E-state index in [1.165, 1.54) is 0 Å². The van der Waals surface area contributed by atoms with E-state index in [9.17, 15) is 4.79 Å². The molecular formula is C16H14N2O2. The predicted molar refractivity (Wildman–Crippen MR) is 77.5 cm³/mol. The number of carbonyl (C=O) groups is 1. The van der Waals surface area contributed by atoms with Crippen molar-refractivity contribution < 1.29 is 9.90 Å². The van der Waals surface area contributed by atoms with Gasteiger partial charge >= 0.3 is 5.97 Å². The van der Waals surface area contributed by atoms with Gasteiger partial charge in [0, 0.05) is 17.4 Å². The Hall–Kier alpha value is -2.62. The third kappa shape index (κ3) is 2.40. The summed E-state index contributed by atoms with van der Waals surface area (Å²) in [5, 5.41) is 17.2. The lowest BCUT2D eigenvalue weighted by atomic mass is 10.0. The van der Waals surface area contributed by atoms with Gasteiger partial charge < -0.3 is 5.11 Å². The van der Waals surface area contributed by atoms with E-state index in [0.29, 0.717) is 6.42 Å². The van der Waals surface area contributed by atoms with Gasteiger partial charge in [0.2, 0.25) is 0 Å². The smallest absolute Gasteiger partial charge is 0.303 e. The highest BCUT2D eigenvalue weighted by atomic mass is 16.4. The summed E-state index contributed by atoms with van der Waals surface area (Å²) in [6.07, 6.45) is 0.675. The number of hydrogen-bond donors (Lipinski definition) is 2. The molecule has 0 spiro atoms. The molecule has 4 nitrogen and oxygen atoms in total. The van der Waals surface area contributed by atoms with Crippen LogP contribution in [0.1, 0.15) is 12.0 Å². The highest BCUT2D eigenvalue weighted by Crippen LogP contribution is 2.27. The average Bonchev–Trinajstić information content (AvgIpc) is 2.89. The first-order valence-electron chi connectivity index (χ1n) is 6.48. The molecular weight excluding hydrogens is 252 g/mol. The lowest BCUT2D eigenvalue weighted by molar-refractivity contribution is -0.136. The van der Waals surface area contributed by atoms with Gasteiger partial charge in [0.05, 0.1) is 11.2 Å². The minimum absolute atomic E-state index is 0.143. The fourth-order valence-electron chi connectivity index (χ4n) is 2.28. The van der Waals surface area contributed by atoms with Gasteiger partial charge in [0.25, 0.3) is 0 Å². The molecule has 2 N–H and O–H groups in total. The van der Waals surface area contributed by atoms with E-state index < -0.39 is 5.97 Å². The van der Waals surface area contributed by atoms with Crippen molar-refractivity contribution in [3.05, 3.63) is 54.1 Å². The van der Waals surface area contributed by atoms with Crippen LogP contribution in [0.3, 0.4) is 0 Å². The highest BCUT2D eigenvalue weighted by molar-refractivity contribution is 5.93. The van der Waals surface area contributed by atoms with Crippen LogP contribution in [0.2, 0.25) is 0 Å². The van der Waals surface area contributed by atoms with Crippen LogP contribution >= 0.6 is 0 Å². The van der Waals surface area contributed by atoms with Crippen LogP contribution < -0.4 is 0 Å². The Labute approximate surface area is 116 Å². The van der Waals surface area contributed by atoms with Crippen molar-refractivity contribution >= 4 is 16.9 Å². The third-order valence-corrected chi connectivity index (χ3v) is 3.30. The second-order valence-electron chi connectivity index (χ2n) is 4.71. The molecule has 0 atom stereocenters. The van der Waals surface area contributed by atoms with Crippen molar-refractivity contribution in [3.63, 3.8) is 0 Å². The lowest BCUT2D eigenvalue weighted by Crippen LogP contribution is -1.97. The topological polar surface area (TPSA) is 66.0 Å². The maximum atomic E-state index is 10.7. The SMILES string of the molecule is O=C(O)CCc1ccc2[nH]nc(-c3ccccc3)c2c1. The molecule has 1 aromatic heterocycles. The van der Waals surface area contributed by atoms with Crippen molar-refractivity contribution in [1.29, 1.82) is 0 Å². The summed E-state index contributed by atoms with van der Waals surface area (Å²) in [5.41, 5.74) is 3.92. The number of nitrogens with one attached hydrogen (secondary N) is 1. The number of aryl methyl sites for hydroxylation is 1. The summed E-state index contributed by atoms with van der Waals surface area (Å²) in [6, 6.07) is 15.9. The van der Waals surface area contributed by atoms with E-state index in [1.54, 1.807) is 0 Å². The summed E-state index contributed by atoms with van der Waals surface area (Å²) < 4.78 is 0. The van der Waals surface area contributed by atoms with E-state index in [4.69, 9.17) is 5.11 Å². The number of benzene rings is 2. The molecule has 0 aliphatic heterocycles. The first-order valence-corrected chi connectivity index (χ1v) is 6.48. The Morgan fingerprint density at radius 1 is 1.15 bits per heavy atom. The quantitative estimate of drug-likeness (QED) is 0.761. The number of fused-ring (bicyclic) bond motifs is 1. The number of nitrogens with zero attached hydrogens (tertiary/aromatic N) is 1. The molecule has 0 saturated heterocycles.